The molecule has 0 fully saturated rings. The highest BCUT2D eigenvalue weighted by Gasteiger charge is 2.32. The van der Waals surface area contributed by atoms with Gasteiger partial charge in [0.2, 0.25) is 11.8 Å². The van der Waals surface area contributed by atoms with E-state index in [1.54, 1.807) is 4.90 Å². The topological polar surface area (TPSA) is 49.4 Å². The molecule has 118 valence electrons. The predicted molar refractivity (Wildman–Crippen MR) is 90.1 cm³/mol. The van der Waals surface area contributed by atoms with Gasteiger partial charge in [0.05, 0.1) is 6.04 Å². The van der Waals surface area contributed by atoms with Gasteiger partial charge in [-0.2, -0.15) is 0 Å². The number of carbonyl (C=O) groups is 2. The van der Waals surface area contributed by atoms with Crippen molar-refractivity contribution >= 4 is 17.5 Å². The van der Waals surface area contributed by atoms with Crippen LogP contribution in [0.4, 0.5) is 5.69 Å². The molecule has 0 aromatic heterocycles. The molecule has 3 rings (SSSR count). The van der Waals surface area contributed by atoms with Crippen molar-refractivity contribution in [3.8, 4) is 0 Å². The van der Waals surface area contributed by atoms with Crippen molar-refractivity contribution in [1.82, 2.24) is 4.90 Å². The first kappa shape index (κ1) is 15.3. The van der Waals surface area contributed by atoms with E-state index in [1.807, 2.05) is 62.4 Å². The second-order valence-electron chi connectivity index (χ2n) is 5.82. The Bertz CT molecular complexity index is 737. The van der Waals surface area contributed by atoms with Crippen LogP contribution in [0.25, 0.3) is 0 Å². The number of fused-ring (bicyclic) bond motifs is 1. The van der Waals surface area contributed by atoms with Gasteiger partial charge in [-0.05, 0) is 18.6 Å². The summed E-state index contributed by atoms with van der Waals surface area (Å²) in [7, 11) is 0. The minimum absolute atomic E-state index is 0.0255. The average molecular weight is 308 g/mol. The van der Waals surface area contributed by atoms with Gasteiger partial charge in [0.25, 0.3) is 0 Å². The van der Waals surface area contributed by atoms with E-state index in [0.29, 0.717) is 6.42 Å². The summed E-state index contributed by atoms with van der Waals surface area (Å²) in [6.45, 7) is 3.92. The lowest BCUT2D eigenvalue weighted by atomic mass is 9.95. The van der Waals surface area contributed by atoms with Crippen LogP contribution in [-0.4, -0.2) is 23.3 Å². The fraction of sp³-hybridized carbons (Fsp3) is 0.263. The van der Waals surface area contributed by atoms with E-state index < -0.39 is 0 Å². The summed E-state index contributed by atoms with van der Waals surface area (Å²) >= 11 is 0. The van der Waals surface area contributed by atoms with Crippen molar-refractivity contribution in [2.75, 3.05) is 11.9 Å². The smallest absolute Gasteiger partial charge is 0.244 e. The van der Waals surface area contributed by atoms with Gasteiger partial charge >= 0.3 is 0 Å². The highest BCUT2D eigenvalue weighted by atomic mass is 16.2. The van der Waals surface area contributed by atoms with Gasteiger partial charge in [-0.25, -0.2) is 0 Å². The molecule has 0 saturated carbocycles. The number of amides is 2. The molecule has 4 nitrogen and oxygen atoms in total. The Hall–Kier alpha value is -2.62. The molecule has 0 aliphatic carbocycles. The number of nitrogens with zero attached hydrogens (tertiary/aromatic N) is 1. The molecule has 0 bridgehead atoms. The number of carbonyl (C=O) groups excluding carboxylic acids is 2. The Morgan fingerprint density at radius 1 is 1.17 bits per heavy atom. The molecule has 1 unspecified atom stereocenters. The van der Waals surface area contributed by atoms with Gasteiger partial charge in [-0.3, -0.25) is 9.59 Å². The summed E-state index contributed by atoms with van der Waals surface area (Å²) < 4.78 is 0. The molecule has 1 aliphatic rings. The van der Waals surface area contributed by atoms with Crippen LogP contribution in [0.1, 0.15) is 36.1 Å². The van der Waals surface area contributed by atoms with E-state index in [4.69, 9.17) is 0 Å². The first-order valence-corrected chi connectivity index (χ1v) is 7.85. The van der Waals surface area contributed by atoms with Gasteiger partial charge in [0.1, 0.15) is 6.54 Å². The first-order chi connectivity index (χ1) is 11.1. The zero-order valence-electron chi connectivity index (χ0n) is 13.4. The number of anilines is 1. The van der Waals surface area contributed by atoms with Crippen LogP contribution in [0.15, 0.2) is 48.5 Å². The molecule has 0 radical (unpaired) electrons. The van der Waals surface area contributed by atoms with Gasteiger partial charge in [0, 0.05) is 17.7 Å². The third kappa shape index (κ3) is 2.97. The fourth-order valence-electron chi connectivity index (χ4n) is 3.00. The largest absolute Gasteiger partial charge is 0.324 e. The molecule has 0 saturated heterocycles. The van der Waals surface area contributed by atoms with E-state index in [2.05, 4.69) is 5.32 Å². The Morgan fingerprint density at radius 2 is 1.87 bits per heavy atom. The Balaban J connectivity index is 2.17. The second kappa shape index (κ2) is 6.24. The molecule has 1 N–H and O–H groups in total. The fourth-order valence-corrected chi connectivity index (χ4v) is 3.00. The van der Waals surface area contributed by atoms with E-state index in [-0.39, 0.29) is 24.4 Å². The molecule has 0 spiro atoms. The van der Waals surface area contributed by atoms with Crippen LogP contribution in [0.3, 0.4) is 0 Å². The van der Waals surface area contributed by atoms with Crippen LogP contribution in [0, 0.1) is 6.92 Å². The van der Waals surface area contributed by atoms with Crippen LogP contribution in [-0.2, 0) is 9.59 Å². The van der Waals surface area contributed by atoms with Crippen molar-refractivity contribution in [3.05, 3.63) is 65.2 Å². The van der Waals surface area contributed by atoms with Crippen LogP contribution >= 0.6 is 0 Å². The summed E-state index contributed by atoms with van der Waals surface area (Å²) in [5.74, 6) is -0.184. The van der Waals surface area contributed by atoms with Crippen LogP contribution < -0.4 is 5.32 Å². The van der Waals surface area contributed by atoms with E-state index >= 15 is 0 Å². The van der Waals surface area contributed by atoms with Crippen LogP contribution in [0.5, 0.6) is 0 Å². The number of benzene rings is 2. The molecule has 2 aromatic rings. The lowest BCUT2D eigenvalue weighted by molar-refractivity contribution is -0.135. The van der Waals surface area contributed by atoms with Gasteiger partial charge in [-0.1, -0.05) is 55.0 Å². The summed E-state index contributed by atoms with van der Waals surface area (Å²) in [6, 6.07) is 15.6. The van der Waals surface area contributed by atoms with Crippen molar-refractivity contribution in [3.63, 3.8) is 0 Å². The quantitative estimate of drug-likeness (QED) is 0.925. The Kier molecular flexibility index (Phi) is 4.15. The van der Waals surface area contributed by atoms with E-state index in [1.165, 1.54) is 5.56 Å². The Labute approximate surface area is 136 Å². The lowest BCUT2D eigenvalue weighted by Crippen LogP contribution is -2.38. The lowest BCUT2D eigenvalue weighted by Gasteiger charge is -2.30. The average Bonchev–Trinajstić information content (AvgIpc) is 2.71. The van der Waals surface area contributed by atoms with Crippen molar-refractivity contribution in [1.29, 1.82) is 0 Å². The zero-order valence-corrected chi connectivity index (χ0v) is 13.4. The van der Waals surface area contributed by atoms with E-state index in [9.17, 15) is 9.59 Å². The second-order valence-corrected chi connectivity index (χ2v) is 5.82. The molecule has 2 amide bonds. The van der Waals surface area contributed by atoms with Gasteiger partial charge in [0.15, 0.2) is 0 Å². The molecule has 4 heteroatoms. The molecular weight excluding hydrogens is 288 g/mol. The summed E-state index contributed by atoms with van der Waals surface area (Å²) in [5.41, 5.74) is 3.90. The Morgan fingerprint density at radius 3 is 2.57 bits per heavy atom. The summed E-state index contributed by atoms with van der Waals surface area (Å²) in [5, 5.41) is 2.91. The van der Waals surface area contributed by atoms with Crippen molar-refractivity contribution in [2.45, 2.75) is 26.3 Å². The maximum absolute atomic E-state index is 12.5. The number of rotatable bonds is 2. The number of aryl methyl sites for hydroxylation is 1. The number of para-hydroxylation sites is 1. The highest BCUT2D eigenvalue weighted by Crippen LogP contribution is 2.35. The number of hydrogen-bond acceptors (Lipinski definition) is 2. The molecule has 1 atom stereocenters. The third-order valence-corrected chi connectivity index (χ3v) is 4.17. The van der Waals surface area contributed by atoms with Crippen LogP contribution in [0.2, 0.25) is 0 Å². The maximum atomic E-state index is 12.5. The van der Waals surface area contributed by atoms with E-state index in [0.717, 1.165) is 16.8 Å². The maximum Gasteiger partial charge on any atom is 0.244 e. The predicted octanol–water partition coefficient (Wildman–Crippen LogP) is 3.28. The molecule has 23 heavy (non-hydrogen) atoms. The van der Waals surface area contributed by atoms with Crippen molar-refractivity contribution in [2.24, 2.45) is 0 Å². The summed E-state index contributed by atoms with van der Waals surface area (Å²) in [6.07, 6.45) is 0.373. The monoisotopic (exact) mass is 308 g/mol. The standard InChI is InChI=1S/C19H20N2O2/c1-3-18(23)21-12-17(22)20-16-7-5-4-6-15(16)19(21)14-10-8-13(2)9-11-14/h4-11,19H,3,12H2,1-2H3,(H,20,22). The van der Waals surface area contributed by atoms with Gasteiger partial charge in [-0.15, -0.1) is 0 Å². The molecule has 2 aromatic carbocycles. The normalized spacial score (nSPS) is 17.2. The minimum atomic E-state index is -0.252. The third-order valence-electron chi connectivity index (χ3n) is 4.17. The summed E-state index contributed by atoms with van der Waals surface area (Å²) in [4.78, 5) is 26.3. The highest BCUT2D eigenvalue weighted by molar-refractivity contribution is 5.97. The molecule has 1 aliphatic heterocycles. The SMILES string of the molecule is CCC(=O)N1CC(=O)Nc2ccccc2C1c1ccc(C)cc1. The minimum Gasteiger partial charge on any atom is -0.324 e. The molecule has 1 heterocycles. The van der Waals surface area contributed by atoms with Gasteiger partial charge < -0.3 is 10.2 Å². The number of nitrogens with one attached hydrogen (secondary N) is 1. The van der Waals surface area contributed by atoms with Crippen molar-refractivity contribution < 1.29 is 9.59 Å². The number of hydrogen-bond donors (Lipinski definition) is 1. The zero-order chi connectivity index (χ0) is 16.4. The first-order valence-electron chi connectivity index (χ1n) is 7.85. The molecular formula is C19H20N2O2.